The number of aliphatic hydroxyl groups excluding tert-OH is 1. The molecule has 0 aromatic heterocycles. The Labute approximate surface area is 179 Å². The minimum atomic E-state index is -3.88. The van der Waals surface area contributed by atoms with E-state index < -0.39 is 16.1 Å². The summed E-state index contributed by atoms with van der Waals surface area (Å²) in [7, 11) is -0.297. The molecule has 30 heavy (non-hydrogen) atoms. The highest BCUT2D eigenvalue weighted by molar-refractivity contribution is 7.92. The van der Waals surface area contributed by atoms with E-state index in [1.807, 2.05) is 6.92 Å². The van der Waals surface area contributed by atoms with Crippen LogP contribution in [0.15, 0.2) is 53.4 Å². The molecule has 7 nitrogen and oxygen atoms in total. The van der Waals surface area contributed by atoms with Crippen LogP contribution in [0.3, 0.4) is 0 Å². The standard InChI is InChI=1S/C22H31N3O4S/c1-18-8-10-20(11-9-18)30(27,28)25(21-6-4-5-7-22(21)29-3)17-19(26)16-24-14-12-23(2)13-15-24/h4-11,19,26H,12-17H2,1-3H3. The first-order valence-corrected chi connectivity index (χ1v) is 11.6. The van der Waals surface area contributed by atoms with Crippen LogP contribution in [-0.2, 0) is 10.0 Å². The van der Waals surface area contributed by atoms with Crippen molar-refractivity contribution >= 4 is 15.7 Å². The molecule has 1 aliphatic heterocycles. The van der Waals surface area contributed by atoms with Crippen molar-refractivity contribution in [2.45, 2.75) is 17.9 Å². The number of anilines is 1. The molecule has 1 aliphatic rings. The molecule has 1 atom stereocenters. The van der Waals surface area contributed by atoms with E-state index in [4.69, 9.17) is 4.74 Å². The van der Waals surface area contributed by atoms with Crippen LogP contribution in [-0.4, -0.2) is 82.9 Å². The van der Waals surface area contributed by atoms with Crippen LogP contribution in [0.2, 0.25) is 0 Å². The topological polar surface area (TPSA) is 73.3 Å². The van der Waals surface area contributed by atoms with Gasteiger partial charge in [0.15, 0.2) is 0 Å². The molecule has 0 aliphatic carbocycles. The van der Waals surface area contributed by atoms with Gasteiger partial charge in [0.05, 0.1) is 30.3 Å². The summed E-state index contributed by atoms with van der Waals surface area (Å²) in [5.41, 5.74) is 1.39. The van der Waals surface area contributed by atoms with Crippen molar-refractivity contribution in [3.8, 4) is 5.75 Å². The molecule has 2 aromatic carbocycles. The number of ether oxygens (including phenoxy) is 1. The number of sulfonamides is 1. The number of rotatable bonds is 8. The van der Waals surface area contributed by atoms with E-state index in [2.05, 4.69) is 16.8 Å². The molecule has 0 bridgehead atoms. The van der Waals surface area contributed by atoms with Crippen LogP contribution < -0.4 is 9.04 Å². The summed E-state index contributed by atoms with van der Waals surface area (Å²) in [6, 6.07) is 13.7. The van der Waals surface area contributed by atoms with E-state index in [0.29, 0.717) is 18.0 Å². The lowest BCUT2D eigenvalue weighted by Crippen LogP contribution is -2.49. The van der Waals surface area contributed by atoms with Crippen LogP contribution in [0.4, 0.5) is 5.69 Å². The van der Waals surface area contributed by atoms with Gasteiger partial charge in [-0.25, -0.2) is 8.42 Å². The first-order chi connectivity index (χ1) is 14.3. The van der Waals surface area contributed by atoms with E-state index in [9.17, 15) is 13.5 Å². The van der Waals surface area contributed by atoms with Gasteiger partial charge in [-0.1, -0.05) is 29.8 Å². The Morgan fingerprint density at radius 3 is 2.33 bits per heavy atom. The fourth-order valence-electron chi connectivity index (χ4n) is 3.58. The van der Waals surface area contributed by atoms with Gasteiger partial charge in [0.1, 0.15) is 5.75 Å². The van der Waals surface area contributed by atoms with Crippen molar-refractivity contribution in [3.63, 3.8) is 0 Å². The third-order valence-electron chi connectivity index (χ3n) is 5.40. The zero-order valence-electron chi connectivity index (χ0n) is 17.9. The van der Waals surface area contributed by atoms with Gasteiger partial charge in [0.2, 0.25) is 0 Å². The highest BCUT2D eigenvalue weighted by Crippen LogP contribution is 2.32. The summed E-state index contributed by atoms with van der Waals surface area (Å²) in [5, 5.41) is 10.8. The Balaban J connectivity index is 1.89. The number of methoxy groups -OCH3 is 1. The number of aryl methyl sites for hydroxylation is 1. The lowest BCUT2D eigenvalue weighted by atomic mass is 10.2. The number of β-amino-alcohol motifs (C(OH)–C–C–N with tert-alkyl or cyclic N) is 1. The number of hydrogen-bond acceptors (Lipinski definition) is 6. The van der Waals surface area contributed by atoms with Gasteiger partial charge < -0.3 is 14.7 Å². The van der Waals surface area contributed by atoms with Gasteiger partial charge in [-0.05, 0) is 38.2 Å². The Morgan fingerprint density at radius 2 is 1.70 bits per heavy atom. The molecule has 1 fully saturated rings. The first kappa shape index (κ1) is 22.6. The Kier molecular flexibility index (Phi) is 7.36. The largest absolute Gasteiger partial charge is 0.495 e. The second-order valence-corrected chi connectivity index (χ2v) is 9.64. The summed E-state index contributed by atoms with van der Waals surface area (Å²) in [4.78, 5) is 4.60. The van der Waals surface area contributed by atoms with Crippen molar-refractivity contribution in [1.82, 2.24) is 9.80 Å². The number of benzene rings is 2. The third-order valence-corrected chi connectivity index (χ3v) is 7.20. The summed E-state index contributed by atoms with van der Waals surface area (Å²) >= 11 is 0. The molecular formula is C22H31N3O4S. The van der Waals surface area contributed by atoms with Gasteiger partial charge in [-0.2, -0.15) is 0 Å². The summed E-state index contributed by atoms with van der Waals surface area (Å²) in [6.07, 6.45) is -0.835. The van der Waals surface area contributed by atoms with E-state index >= 15 is 0 Å². The van der Waals surface area contributed by atoms with Gasteiger partial charge in [0, 0.05) is 32.7 Å². The van der Waals surface area contributed by atoms with Crippen molar-refractivity contribution in [2.24, 2.45) is 0 Å². The van der Waals surface area contributed by atoms with Crippen molar-refractivity contribution < 1.29 is 18.3 Å². The smallest absolute Gasteiger partial charge is 0.264 e. The van der Waals surface area contributed by atoms with E-state index in [1.165, 1.54) is 11.4 Å². The fourth-order valence-corrected chi connectivity index (χ4v) is 5.09. The number of likely N-dealkylation sites (N-methyl/N-ethyl adjacent to an activating group) is 1. The highest BCUT2D eigenvalue weighted by atomic mass is 32.2. The van der Waals surface area contributed by atoms with Crippen molar-refractivity contribution in [1.29, 1.82) is 0 Å². The van der Waals surface area contributed by atoms with Crippen molar-refractivity contribution in [3.05, 3.63) is 54.1 Å². The minimum Gasteiger partial charge on any atom is -0.495 e. The molecule has 164 valence electrons. The minimum absolute atomic E-state index is 0.0527. The molecule has 1 heterocycles. The lowest BCUT2D eigenvalue weighted by molar-refractivity contribution is 0.0853. The quantitative estimate of drug-likeness (QED) is 0.685. The van der Waals surface area contributed by atoms with E-state index in [-0.39, 0.29) is 11.4 Å². The molecule has 0 amide bonds. The molecule has 1 N–H and O–H groups in total. The summed E-state index contributed by atoms with van der Waals surface area (Å²) < 4.78 is 33.7. The molecule has 1 saturated heterocycles. The molecule has 8 heteroatoms. The van der Waals surface area contributed by atoms with E-state index in [1.54, 1.807) is 48.5 Å². The molecule has 0 radical (unpaired) electrons. The van der Waals surface area contributed by atoms with Crippen LogP contribution in [0.1, 0.15) is 5.56 Å². The summed E-state index contributed by atoms with van der Waals surface area (Å²) in [6.45, 7) is 5.86. The van der Waals surface area contributed by atoms with Gasteiger partial charge in [-0.15, -0.1) is 0 Å². The lowest BCUT2D eigenvalue weighted by Gasteiger charge is -2.35. The zero-order chi connectivity index (χ0) is 21.7. The van der Waals surface area contributed by atoms with Crippen LogP contribution in [0, 0.1) is 6.92 Å². The predicted molar refractivity (Wildman–Crippen MR) is 119 cm³/mol. The maximum Gasteiger partial charge on any atom is 0.264 e. The van der Waals surface area contributed by atoms with Crippen LogP contribution in [0.25, 0.3) is 0 Å². The SMILES string of the molecule is COc1ccccc1N(CC(O)CN1CCN(C)CC1)S(=O)(=O)c1ccc(C)cc1. The van der Waals surface area contributed by atoms with E-state index in [0.717, 1.165) is 31.7 Å². The second kappa shape index (κ2) is 9.78. The van der Waals surface area contributed by atoms with Crippen molar-refractivity contribution in [2.75, 3.05) is 57.7 Å². The molecular weight excluding hydrogens is 402 g/mol. The zero-order valence-corrected chi connectivity index (χ0v) is 18.7. The Morgan fingerprint density at radius 1 is 1.07 bits per heavy atom. The summed E-state index contributed by atoms with van der Waals surface area (Å²) in [5.74, 6) is 0.444. The third kappa shape index (κ3) is 5.31. The van der Waals surface area contributed by atoms with Crippen LogP contribution >= 0.6 is 0 Å². The second-order valence-electron chi connectivity index (χ2n) is 7.78. The fraction of sp³-hybridized carbons (Fsp3) is 0.455. The Hall–Kier alpha value is -2.13. The molecule has 1 unspecified atom stereocenters. The number of nitrogens with zero attached hydrogens (tertiary/aromatic N) is 3. The maximum absolute atomic E-state index is 13.5. The number of aliphatic hydroxyl groups is 1. The average Bonchev–Trinajstić information content (AvgIpc) is 2.74. The highest BCUT2D eigenvalue weighted by Gasteiger charge is 2.30. The van der Waals surface area contributed by atoms with Gasteiger partial charge >= 0.3 is 0 Å². The first-order valence-electron chi connectivity index (χ1n) is 10.1. The number of piperazine rings is 1. The molecule has 3 rings (SSSR count). The predicted octanol–water partition coefficient (Wildman–Crippen LogP) is 1.81. The average molecular weight is 434 g/mol. The monoisotopic (exact) mass is 433 g/mol. The van der Waals surface area contributed by atoms with Gasteiger partial charge in [-0.3, -0.25) is 9.21 Å². The number of hydrogen-bond donors (Lipinski definition) is 1. The number of para-hydroxylation sites is 2. The molecule has 2 aromatic rings. The molecule has 0 spiro atoms. The Bertz CT molecular complexity index is 926. The van der Waals surface area contributed by atoms with Gasteiger partial charge in [0.25, 0.3) is 10.0 Å². The normalized spacial score (nSPS) is 16.9. The van der Waals surface area contributed by atoms with Crippen LogP contribution in [0.5, 0.6) is 5.75 Å². The molecule has 0 saturated carbocycles. The maximum atomic E-state index is 13.5.